The molecule has 0 spiro atoms. The molecule has 2 aromatic rings. The second kappa shape index (κ2) is 7.40. The molecule has 0 aromatic heterocycles. The van der Waals surface area contributed by atoms with Crippen LogP contribution >= 0.6 is 0 Å². The number of ether oxygens (including phenoxy) is 1. The predicted molar refractivity (Wildman–Crippen MR) is 80.6 cm³/mol. The maximum absolute atomic E-state index is 13.4. The molecular formula is C16H16F2N2O2. The van der Waals surface area contributed by atoms with Crippen molar-refractivity contribution in [3.8, 4) is 5.75 Å². The van der Waals surface area contributed by atoms with Gasteiger partial charge in [0.05, 0.1) is 18.0 Å². The van der Waals surface area contributed by atoms with Crippen LogP contribution < -0.4 is 15.8 Å². The van der Waals surface area contributed by atoms with E-state index in [9.17, 15) is 13.6 Å². The smallest absolute Gasteiger partial charge is 0.224 e. The van der Waals surface area contributed by atoms with E-state index in [1.807, 2.05) is 0 Å². The Morgan fingerprint density at radius 1 is 1.18 bits per heavy atom. The van der Waals surface area contributed by atoms with E-state index in [0.717, 1.165) is 12.1 Å². The van der Waals surface area contributed by atoms with E-state index in [2.05, 4.69) is 5.32 Å². The van der Waals surface area contributed by atoms with Crippen LogP contribution in [0.1, 0.15) is 12.8 Å². The van der Waals surface area contributed by atoms with Crippen molar-refractivity contribution >= 4 is 17.3 Å². The van der Waals surface area contributed by atoms with E-state index < -0.39 is 11.6 Å². The average molecular weight is 306 g/mol. The quantitative estimate of drug-likeness (QED) is 0.635. The Morgan fingerprint density at radius 3 is 2.68 bits per heavy atom. The number of benzene rings is 2. The number of hydrogen-bond acceptors (Lipinski definition) is 3. The molecule has 0 bridgehead atoms. The number of carbonyl (C=O) groups is 1. The van der Waals surface area contributed by atoms with Crippen LogP contribution in [-0.2, 0) is 4.79 Å². The number of rotatable bonds is 6. The van der Waals surface area contributed by atoms with Gasteiger partial charge in [0.15, 0.2) is 0 Å². The van der Waals surface area contributed by atoms with E-state index in [1.165, 1.54) is 6.07 Å². The van der Waals surface area contributed by atoms with E-state index >= 15 is 0 Å². The van der Waals surface area contributed by atoms with Crippen LogP contribution in [0.3, 0.4) is 0 Å². The highest BCUT2D eigenvalue weighted by Crippen LogP contribution is 2.20. The lowest BCUT2D eigenvalue weighted by Gasteiger charge is -2.09. The van der Waals surface area contributed by atoms with Crippen LogP contribution in [-0.4, -0.2) is 12.5 Å². The first-order valence-electron chi connectivity index (χ1n) is 6.78. The van der Waals surface area contributed by atoms with Crippen molar-refractivity contribution in [2.24, 2.45) is 0 Å². The fraction of sp³-hybridized carbons (Fsp3) is 0.188. The minimum Gasteiger partial charge on any atom is -0.491 e. The largest absolute Gasteiger partial charge is 0.491 e. The number of nitrogen functional groups attached to an aromatic ring is 1. The highest BCUT2D eigenvalue weighted by molar-refractivity contribution is 5.90. The Bertz CT molecular complexity index is 662. The third kappa shape index (κ3) is 4.44. The van der Waals surface area contributed by atoms with Gasteiger partial charge in [-0.1, -0.05) is 12.1 Å². The molecule has 0 aliphatic heterocycles. The van der Waals surface area contributed by atoms with Crippen LogP contribution in [0.2, 0.25) is 0 Å². The third-order valence-electron chi connectivity index (χ3n) is 2.93. The monoisotopic (exact) mass is 306 g/mol. The lowest BCUT2D eigenvalue weighted by Crippen LogP contribution is -2.14. The van der Waals surface area contributed by atoms with Crippen LogP contribution in [0, 0.1) is 11.6 Å². The molecule has 22 heavy (non-hydrogen) atoms. The molecule has 0 saturated carbocycles. The summed E-state index contributed by atoms with van der Waals surface area (Å²) < 4.78 is 31.6. The standard InChI is InChI=1S/C16H16F2N2O2/c17-11-7-8-14(12(18)10-11)20-16(21)6-3-9-22-15-5-2-1-4-13(15)19/h1-2,4-5,7-8,10H,3,6,9,19H2,(H,20,21). The lowest BCUT2D eigenvalue weighted by molar-refractivity contribution is -0.116. The molecular weight excluding hydrogens is 290 g/mol. The Labute approximate surface area is 126 Å². The Kier molecular flexibility index (Phi) is 5.30. The molecule has 0 unspecified atom stereocenters. The fourth-order valence-corrected chi connectivity index (χ4v) is 1.83. The highest BCUT2D eigenvalue weighted by atomic mass is 19.1. The molecule has 116 valence electrons. The number of para-hydroxylation sites is 2. The van der Waals surface area contributed by atoms with Crippen molar-refractivity contribution in [2.45, 2.75) is 12.8 Å². The molecule has 2 aromatic carbocycles. The second-order valence-electron chi connectivity index (χ2n) is 4.66. The van der Waals surface area contributed by atoms with Gasteiger partial charge in [-0.3, -0.25) is 4.79 Å². The number of halogens is 2. The number of nitrogens with two attached hydrogens (primary N) is 1. The van der Waals surface area contributed by atoms with Gasteiger partial charge in [0.1, 0.15) is 17.4 Å². The van der Waals surface area contributed by atoms with Gasteiger partial charge in [-0.25, -0.2) is 8.78 Å². The van der Waals surface area contributed by atoms with Crippen molar-refractivity contribution in [1.82, 2.24) is 0 Å². The van der Waals surface area contributed by atoms with Gasteiger partial charge < -0.3 is 15.8 Å². The Morgan fingerprint density at radius 2 is 1.95 bits per heavy atom. The molecule has 0 fully saturated rings. The molecule has 6 heteroatoms. The number of carbonyl (C=O) groups excluding carboxylic acids is 1. The zero-order valence-electron chi connectivity index (χ0n) is 11.8. The van der Waals surface area contributed by atoms with E-state index in [4.69, 9.17) is 10.5 Å². The zero-order chi connectivity index (χ0) is 15.9. The third-order valence-corrected chi connectivity index (χ3v) is 2.93. The van der Waals surface area contributed by atoms with Gasteiger partial charge in [0.25, 0.3) is 0 Å². The molecule has 1 amide bonds. The summed E-state index contributed by atoms with van der Waals surface area (Å²) in [5.41, 5.74) is 6.20. The summed E-state index contributed by atoms with van der Waals surface area (Å²) in [6, 6.07) is 10.0. The van der Waals surface area contributed by atoms with Crippen LogP contribution in [0.15, 0.2) is 42.5 Å². The van der Waals surface area contributed by atoms with Crippen molar-refractivity contribution in [2.75, 3.05) is 17.7 Å². The van der Waals surface area contributed by atoms with Crippen molar-refractivity contribution in [3.63, 3.8) is 0 Å². The van der Waals surface area contributed by atoms with Crippen molar-refractivity contribution in [3.05, 3.63) is 54.1 Å². The SMILES string of the molecule is Nc1ccccc1OCCCC(=O)Nc1ccc(F)cc1F. The van der Waals surface area contributed by atoms with Gasteiger partial charge in [-0.05, 0) is 30.7 Å². The second-order valence-corrected chi connectivity index (χ2v) is 4.66. The average Bonchev–Trinajstić information content (AvgIpc) is 2.48. The van der Waals surface area contributed by atoms with Crippen molar-refractivity contribution in [1.29, 1.82) is 0 Å². The molecule has 4 nitrogen and oxygen atoms in total. The van der Waals surface area contributed by atoms with E-state index in [0.29, 0.717) is 24.5 Å². The summed E-state index contributed by atoms with van der Waals surface area (Å²) >= 11 is 0. The van der Waals surface area contributed by atoms with Gasteiger partial charge in [-0.15, -0.1) is 0 Å². The summed E-state index contributed by atoms with van der Waals surface area (Å²) in [6.45, 7) is 0.313. The molecule has 2 rings (SSSR count). The topological polar surface area (TPSA) is 64.3 Å². The molecule has 0 atom stereocenters. The van der Waals surface area contributed by atoms with Gasteiger partial charge in [0.2, 0.25) is 5.91 Å². The summed E-state index contributed by atoms with van der Waals surface area (Å²) in [4.78, 5) is 11.7. The number of anilines is 2. The molecule has 0 saturated heterocycles. The van der Waals surface area contributed by atoms with Crippen LogP contribution in [0.4, 0.5) is 20.2 Å². The first-order valence-corrected chi connectivity index (χ1v) is 6.78. The summed E-state index contributed by atoms with van der Waals surface area (Å²) in [5, 5.41) is 2.39. The Balaban J connectivity index is 1.75. The maximum Gasteiger partial charge on any atom is 0.224 e. The predicted octanol–water partition coefficient (Wildman–Crippen LogP) is 3.34. The summed E-state index contributed by atoms with van der Waals surface area (Å²) in [7, 11) is 0. The summed E-state index contributed by atoms with van der Waals surface area (Å²) in [5.74, 6) is -1.30. The molecule has 0 radical (unpaired) electrons. The van der Waals surface area contributed by atoms with Crippen LogP contribution in [0.5, 0.6) is 5.75 Å². The minimum atomic E-state index is -0.804. The molecule has 0 aliphatic rings. The molecule has 0 aliphatic carbocycles. The highest BCUT2D eigenvalue weighted by Gasteiger charge is 2.08. The molecule has 3 N–H and O–H groups in total. The van der Waals surface area contributed by atoms with Crippen LogP contribution in [0.25, 0.3) is 0 Å². The summed E-state index contributed by atoms with van der Waals surface area (Å²) in [6.07, 6.45) is 0.604. The van der Waals surface area contributed by atoms with E-state index in [1.54, 1.807) is 24.3 Å². The fourth-order valence-electron chi connectivity index (χ4n) is 1.83. The van der Waals surface area contributed by atoms with Gasteiger partial charge in [0, 0.05) is 12.5 Å². The van der Waals surface area contributed by atoms with Gasteiger partial charge >= 0.3 is 0 Å². The molecule has 0 heterocycles. The van der Waals surface area contributed by atoms with Gasteiger partial charge in [-0.2, -0.15) is 0 Å². The normalized spacial score (nSPS) is 10.3. The van der Waals surface area contributed by atoms with Crippen molar-refractivity contribution < 1.29 is 18.3 Å². The Hall–Kier alpha value is -2.63. The first-order chi connectivity index (χ1) is 10.6. The zero-order valence-corrected chi connectivity index (χ0v) is 11.8. The number of amides is 1. The minimum absolute atomic E-state index is 0.0420. The maximum atomic E-state index is 13.4. The first kappa shape index (κ1) is 15.8. The lowest BCUT2D eigenvalue weighted by atomic mass is 10.2. The van der Waals surface area contributed by atoms with E-state index in [-0.39, 0.29) is 18.0 Å². The number of nitrogens with one attached hydrogen (secondary N) is 1. The number of hydrogen-bond donors (Lipinski definition) is 2.